The minimum absolute atomic E-state index is 0.00796. The number of ether oxygens (including phenoxy) is 1. The van der Waals surface area contributed by atoms with Gasteiger partial charge in [0.25, 0.3) is 0 Å². The molecule has 0 unspecified atom stereocenters. The van der Waals surface area contributed by atoms with Crippen LogP contribution < -0.4 is 10.6 Å². The molecule has 1 aromatic carbocycles. The topological polar surface area (TPSA) is 87.7 Å². The highest BCUT2D eigenvalue weighted by molar-refractivity contribution is 5.73. The Bertz CT molecular complexity index is 569. The summed E-state index contributed by atoms with van der Waals surface area (Å²) in [5, 5.41) is 15.4. The van der Waals surface area contributed by atoms with Crippen LogP contribution in [0.1, 0.15) is 46.6 Å². The number of rotatable bonds is 9. The van der Waals surface area contributed by atoms with E-state index in [4.69, 9.17) is 4.74 Å². The highest BCUT2D eigenvalue weighted by atomic mass is 16.6. The van der Waals surface area contributed by atoms with Crippen molar-refractivity contribution in [2.75, 3.05) is 6.54 Å². The van der Waals surface area contributed by atoms with Gasteiger partial charge < -0.3 is 20.5 Å². The lowest BCUT2D eigenvalue weighted by atomic mass is 9.98. The van der Waals surface area contributed by atoms with Gasteiger partial charge in [-0.2, -0.15) is 0 Å². The SMILES string of the molecule is CC[C@H](C)[C@H](NC[C@@H](Cc1ccccc1)NC(=O)OC(C)(C)C)C(=O)O. The number of amides is 1. The molecule has 0 bridgehead atoms. The molecule has 6 heteroatoms. The number of carboxylic acid groups (broad SMARTS) is 1. The molecule has 0 aromatic heterocycles. The molecule has 0 heterocycles. The van der Waals surface area contributed by atoms with Gasteiger partial charge in [-0.1, -0.05) is 50.6 Å². The van der Waals surface area contributed by atoms with Gasteiger partial charge in [0, 0.05) is 12.6 Å². The first kappa shape index (κ1) is 22.0. The minimum atomic E-state index is -0.880. The van der Waals surface area contributed by atoms with Crippen LogP contribution in [0.4, 0.5) is 4.79 Å². The number of hydrogen-bond acceptors (Lipinski definition) is 4. The van der Waals surface area contributed by atoms with Gasteiger partial charge in [-0.25, -0.2) is 4.79 Å². The zero-order valence-corrected chi connectivity index (χ0v) is 16.4. The van der Waals surface area contributed by atoms with Crippen LogP contribution >= 0.6 is 0 Å². The van der Waals surface area contributed by atoms with Crippen LogP contribution in [-0.2, 0) is 16.0 Å². The molecule has 146 valence electrons. The monoisotopic (exact) mass is 364 g/mol. The predicted octanol–water partition coefficient (Wildman–Crippen LogP) is 3.21. The lowest BCUT2D eigenvalue weighted by molar-refractivity contribution is -0.140. The molecule has 0 aliphatic carbocycles. The van der Waals surface area contributed by atoms with Crippen molar-refractivity contribution in [1.82, 2.24) is 10.6 Å². The summed E-state index contributed by atoms with van der Waals surface area (Å²) in [6, 6.07) is 8.83. The number of alkyl carbamates (subject to hydrolysis) is 1. The smallest absolute Gasteiger partial charge is 0.407 e. The van der Waals surface area contributed by atoms with Crippen LogP contribution in [0.15, 0.2) is 30.3 Å². The molecule has 1 amide bonds. The first-order valence-electron chi connectivity index (χ1n) is 9.12. The first-order valence-corrected chi connectivity index (χ1v) is 9.12. The lowest BCUT2D eigenvalue weighted by Crippen LogP contribution is -2.50. The van der Waals surface area contributed by atoms with Crippen LogP contribution in [0.3, 0.4) is 0 Å². The molecule has 3 atom stereocenters. The lowest BCUT2D eigenvalue weighted by Gasteiger charge is -2.26. The predicted molar refractivity (Wildman–Crippen MR) is 102 cm³/mol. The van der Waals surface area contributed by atoms with E-state index in [1.807, 2.05) is 44.2 Å². The maximum Gasteiger partial charge on any atom is 0.407 e. The molecule has 1 aromatic rings. The maximum atomic E-state index is 12.2. The molecule has 3 N–H and O–H groups in total. The fourth-order valence-electron chi connectivity index (χ4n) is 2.58. The number of hydrogen-bond donors (Lipinski definition) is 3. The van der Waals surface area contributed by atoms with E-state index in [0.717, 1.165) is 12.0 Å². The van der Waals surface area contributed by atoms with Crippen LogP contribution in [0.25, 0.3) is 0 Å². The van der Waals surface area contributed by atoms with Crippen molar-refractivity contribution in [3.8, 4) is 0 Å². The molecule has 0 aliphatic rings. The summed E-state index contributed by atoms with van der Waals surface area (Å²) in [4.78, 5) is 23.7. The standard InChI is InChI=1S/C20H32N2O4/c1-6-14(2)17(18(23)24)21-13-16(12-15-10-8-7-9-11-15)22-19(25)26-20(3,4)5/h7-11,14,16-17,21H,6,12-13H2,1-5H3,(H,22,25)(H,23,24)/t14-,16+,17-/m0/s1. The summed E-state index contributed by atoms with van der Waals surface area (Å²) < 4.78 is 5.33. The van der Waals surface area contributed by atoms with Gasteiger partial charge in [0.05, 0.1) is 0 Å². The molecule has 0 fully saturated rings. The van der Waals surface area contributed by atoms with Crippen molar-refractivity contribution in [1.29, 1.82) is 0 Å². The summed E-state index contributed by atoms with van der Waals surface area (Å²) in [6.45, 7) is 9.62. The van der Waals surface area contributed by atoms with Crippen LogP contribution in [0.5, 0.6) is 0 Å². The quantitative estimate of drug-likeness (QED) is 0.626. The van der Waals surface area contributed by atoms with Crippen LogP contribution in [0, 0.1) is 5.92 Å². The Morgan fingerprint density at radius 2 is 1.81 bits per heavy atom. The van der Waals surface area contributed by atoms with Gasteiger partial charge in [-0.15, -0.1) is 0 Å². The molecular formula is C20H32N2O4. The van der Waals surface area contributed by atoms with E-state index in [9.17, 15) is 14.7 Å². The zero-order chi connectivity index (χ0) is 19.7. The number of nitrogens with one attached hydrogen (secondary N) is 2. The summed E-state index contributed by atoms with van der Waals surface area (Å²) in [5.74, 6) is -0.888. The fourth-order valence-corrected chi connectivity index (χ4v) is 2.58. The van der Waals surface area contributed by atoms with Crippen molar-refractivity contribution < 1.29 is 19.4 Å². The van der Waals surface area contributed by atoms with E-state index < -0.39 is 23.7 Å². The Balaban J connectivity index is 2.79. The highest BCUT2D eigenvalue weighted by Gasteiger charge is 2.25. The van der Waals surface area contributed by atoms with Gasteiger partial charge >= 0.3 is 12.1 Å². The molecule has 0 aliphatic heterocycles. The molecule has 0 saturated heterocycles. The van der Waals surface area contributed by atoms with Crippen molar-refractivity contribution in [2.24, 2.45) is 5.92 Å². The molecule has 6 nitrogen and oxygen atoms in total. The summed E-state index contributed by atoms with van der Waals surface area (Å²) in [6.07, 6.45) is 0.836. The number of benzene rings is 1. The van der Waals surface area contributed by atoms with Crippen LogP contribution in [0.2, 0.25) is 0 Å². The van der Waals surface area contributed by atoms with E-state index in [0.29, 0.717) is 13.0 Å². The fraction of sp³-hybridized carbons (Fsp3) is 0.600. The number of carbonyl (C=O) groups excluding carboxylic acids is 1. The van der Waals surface area contributed by atoms with Gasteiger partial charge in [0.1, 0.15) is 11.6 Å². The second-order valence-corrected chi connectivity index (χ2v) is 7.64. The summed E-state index contributed by atoms with van der Waals surface area (Å²) in [5.41, 5.74) is 0.473. The molecule has 1 rings (SSSR count). The Kier molecular flexibility index (Phi) is 8.58. The Morgan fingerprint density at radius 1 is 1.19 bits per heavy atom. The largest absolute Gasteiger partial charge is 0.480 e. The minimum Gasteiger partial charge on any atom is -0.480 e. The second kappa shape index (κ2) is 10.2. The van der Waals surface area contributed by atoms with E-state index >= 15 is 0 Å². The first-order chi connectivity index (χ1) is 12.1. The Hall–Kier alpha value is -2.08. The van der Waals surface area contributed by atoms with E-state index in [1.54, 1.807) is 20.8 Å². The second-order valence-electron chi connectivity index (χ2n) is 7.64. The van der Waals surface area contributed by atoms with E-state index in [-0.39, 0.29) is 12.0 Å². The molecular weight excluding hydrogens is 332 g/mol. The molecule has 0 saturated carbocycles. The van der Waals surface area contributed by atoms with E-state index in [2.05, 4.69) is 10.6 Å². The maximum absolute atomic E-state index is 12.2. The van der Waals surface area contributed by atoms with E-state index in [1.165, 1.54) is 0 Å². The molecule has 0 radical (unpaired) electrons. The average molecular weight is 364 g/mol. The Morgan fingerprint density at radius 3 is 2.31 bits per heavy atom. The molecule has 0 spiro atoms. The summed E-state index contributed by atoms with van der Waals surface area (Å²) in [7, 11) is 0. The van der Waals surface area contributed by atoms with Crippen LogP contribution in [-0.4, -0.2) is 41.4 Å². The highest BCUT2D eigenvalue weighted by Crippen LogP contribution is 2.10. The van der Waals surface area contributed by atoms with Gasteiger partial charge in [0.2, 0.25) is 0 Å². The van der Waals surface area contributed by atoms with Gasteiger partial charge in [-0.3, -0.25) is 4.79 Å². The third-order valence-electron chi connectivity index (χ3n) is 4.11. The van der Waals surface area contributed by atoms with Gasteiger partial charge in [0.15, 0.2) is 0 Å². The third kappa shape index (κ3) is 8.34. The average Bonchev–Trinajstić information content (AvgIpc) is 2.53. The molecule has 26 heavy (non-hydrogen) atoms. The normalized spacial score (nSPS) is 15.0. The summed E-state index contributed by atoms with van der Waals surface area (Å²) >= 11 is 0. The Labute approximate surface area is 156 Å². The van der Waals surface area contributed by atoms with Gasteiger partial charge in [-0.05, 0) is 38.7 Å². The third-order valence-corrected chi connectivity index (χ3v) is 4.11. The zero-order valence-electron chi connectivity index (χ0n) is 16.4. The van der Waals surface area contributed by atoms with Crippen molar-refractivity contribution in [3.05, 3.63) is 35.9 Å². The van der Waals surface area contributed by atoms with Crippen molar-refractivity contribution in [3.63, 3.8) is 0 Å². The number of aliphatic carboxylic acids is 1. The number of carbonyl (C=O) groups is 2. The van der Waals surface area contributed by atoms with Crippen molar-refractivity contribution >= 4 is 12.1 Å². The van der Waals surface area contributed by atoms with Crippen molar-refractivity contribution in [2.45, 2.75) is 65.1 Å². The number of carboxylic acids is 1.